The average Bonchev–Trinajstić information content (AvgIpc) is 2.30. The standard InChI is InChI=1S/C10H16O8/c1-2-3-4-5-10(15,16)18-9(14)7(12)6(11)8(13)17-5/h5-7,11-12,15-16H,2-4H2,1H3. The molecule has 0 aromatic rings. The van der Waals surface area contributed by atoms with Crippen molar-refractivity contribution in [3.8, 4) is 0 Å². The molecule has 1 heterocycles. The molecule has 8 heteroatoms. The summed E-state index contributed by atoms with van der Waals surface area (Å²) in [6, 6.07) is 0. The summed E-state index contributed by atoms with van der Waals surface area (Å²) in [5.74, 6) is -5.85. The maximum Gasteiger partial charge on any atom is 0.363 e. The van der Waals surface area contributed by atoms with Crippen LogP contribution in [0.5, 0.6) is 0 Å². The van der Waals surface area contributed by atoms with Crippen LogP contribution in [0.3, 0.4) is 0 Å². The fourth-order valence-corrected chi connectivity index (χ4v) is 1.46. The van der Waals surface area contributed by atoms with E-state index in [0.29, 0.717) is 12.8 Å². The maximum atomic E-state index is 11.3. The Hall–Kier alpha value is -1.22. The minimum Gasteiger partial charge on any atom is -0.450 e. The van der Waals surface area contributed by atoms with E-state index in [9.17, 15) is 24.9 Å². The number of esters is 2. The summed E-state index contributed by atoms with van der Waals surface area (Å²) < 4.78 is 8.82. The Morgan fingerprint density at radius 1 is 1.17 bits per heavy atom. The lowest BCUT2D eigenvalue weighted by Crippen LogP contribution is -2.56. The lowest BCUT2D eigenvalue weighted by Gasteiger charge is -2.33. The van der Waals surface area contributed by atoms with Crippen LogP contribution in [-0.4, -0.2) is 56.6 Å². The van der Waals surface area contributed by atoms with E-state index in [0.717, 1.165) is 0 Å². The molecule has 0 aliphatic carbocycles. The minimum atomic E-state index is -3.02. The molecule has 0 amide bonds. The van der Waals surface area contributed by atoms with Crippen LogP contribution in [0.2, 0.25) is 0 Å². The van der Waals surface area contributed by atoms with E-state index >= 15 is 0 Å². The second-order valence-corrected chi connectivity index (χ2v) is 4.04. The topological polar surface area (TPSA) is 134 Å². The first kappa shape index (κ1) is 14.8. The molecule has 4 N–H and O–H groups in total. The molecule has 0 radical (unpaired) electrons. The highest BCUT2D eigenvalue weighted by atomic mass is 16.8. The summed E-state index contributed by atoms with van der Waals surface area (Å²) in [7, 11) is 0. The zero-order valence-electron chi connectivity index (χ0n) is 9.78. The highest BCUT2D eigenvalue weighted by molar-refractivity contribution is 5.86. The van der Waals surface area contributed by atoms with Crippen LogP contribution in [0.15, 0.2) is 0 Å². The van der Waals surface area contributed by atoms with Gasteiger partial charge in [-0.15, -0.1) is 0 Å². The van der Waals surface area contributed by atoms with Crippen molar-refractivity contribution in [3.63, 3.8) is 0 Å². The number of cyclic esters (lactones) is 2. The van der Waals surface area contributed by atoms with E-state index in [1.165, 1.54) is 0 Å². The number of carbonyl (C=O) groups is 2. The first-order chi connectivity index (χ1) is 8.29. The smallest absolute Gasteiger partial charge is 0.363 e. The highest BCUT2D eigenvalue weighted by Gasteiger charge is 2.48. The molecule has 1 aliphatic heterocycles. The van der Waals surface area contributed by atoms with Gasteiger partial charge in [-0.25, -0.2) is 9.59 Å². The second kappa shape index (κ2) is 5.61. The van der Waals surface area contributed by atoms with E-state index in [2.05, 4.69) is 9.47 Å². The van der Waals surface area contributed by atoms with Crippen molar-refractivity contribution in [2.24, 2.45) is 0 Å². The van der Waals surface area contributed by atoms with Crippen molar-refractivity contribution >= 4 is 11.9 Å². The summed E-state index contributed by atoms with van der Waals surface area (Å²) in [6.45, 7) is 1.83. The third-order valence-electron chi connectivity index (χ3n) is 2.53. The molecule has 0 bridgehead atoms. The summed E-state index contributed by atoms with van der Waals surface area (Å²) in [5.41, 5.74) is 0. The van der Waals surface area contributed by atoms with E-state index in [-0.39, 0.29) is 6.42 Å². The molecule has 0 spiro atoms. The molecular formula is C10H16O8. The van der Waals surface area contributed by atoms with Crippen LogP contribution >= 0.6 is 0 Å². The summed E-state index contributed by atoms with van der Waals surface area (Å²) in [5, 5.41) is 37.4. The molecule has 1 rings (SSSR count). The van der Waals surface area contributed by atoms with Gasteiger partial charge in [-0.05, 0) is 12.8 Å². The van der Waals surface area contributed by atoms with Gasteiger partial charge in [0.1, 0.15) is 0 Å². The van der Waals surface area contributed by atoms with E-state index in [4.69, 9.17) is 5.11 Å². The van der Waals surface area contributed by atoms with E-state index in [1.807, 2.05) is 6.92 Å². The number of rotatable bonds is 3. The molecule has 1 saturated heterocycles. The second-order valence-electron chi connectivity index (χ2n) is 4.04. The summed E-state index contributed by atoms with van der Waals surface area (Å²) in [4.78, 5) is 22.5. The molecule has 18 heavy (non-hydrogen) atoms. The third-order valence-corrected chi connectivity index (χ3v) is 2.53. The summed E-state index contributed by atoms with van der Waals surface area (Å²) in [6.07, 6.45) is -4.65. The largest absolute Gasteiger partial charge is 0.450 e. The zero-order chi connectivity index (χ0) is 13.9. The molecule has 104 valence electrons. The molecular weight excluding hydrogens is 248 g/mol. The van der Waals surface area contributed by atoms with Gasteiger partial charge in [0.25, 0.3) is 0 Å². The summed E-state index contributed by atoms with van der Waals surface area (Å²) >= 11 is 0. The molecule has 0 aromatic carbocycles. The van der Waals surface area contributed by atoms with Gasteiger partial charge in [-0.3, -0.25) is 0 Å². The van der Waals surface area contributed by atoms with Crippen LogP contribution in [-0.2, 0) is 19.1 Å². The number of hydrogen-bond acceptors (Lipinski definition) is 8. The molecule has 3 unspecified atom stereocenters. The van der Waals surface area contributed by atoms with Gasteiger partial charge in [-0.1, -0.05) is 13.3 Å². The van der Waals surface area contributed by atoms with Crippen molar-refractivity contribution in [3.05, 3.63) is 0 Å². The van der Waals surface area contributed by atoms with Crippen molar-refractivity contribution < 1.29 is 39.5 Å². The maximum absolute atomic E-state index is 11.3. The Bertz CT molecular complexity index is 326. The van der Waals surface area contributed by atoms with Crippen molar-refractivity contribution in [2.75, 3.05) is 0 Å². The lowest BCUT2D eigenvalue weighted by atomic mass is 10.1. The van der Waals surface area contributed by atoms with Crippen molar-refractivity contribution in [1.29, 1.82) is 0 Å². The van der Waals surface area contributed by atoms with Crippen molar-refractivity contribution in [2.45, 2.75) is 50.5 Å². The Morgan fingerprint density at radius 2 is 1.72 bits per heavy atom. The van der Waals surface area contributed by atoms with Gasteiger partial charge in [-0.2, -0.15) is 0 Å². The van der Waals surface area contributed by atoms with E-state index in [1.54, 1.807) is 0 Å². The predicted octanol–water partition coefficient (Wildman–Crippen LogP) is -1.99. The molecule has 0 saturated carbocycles. The number of aliphatic hydroxyl groups excluding tert-OH is 2. The number of aliphatic hydroxyl groups is 4. The monoisotopic (exact) mass is 264 g/mol. The first-order valence-corrected chi connectivity index (χ1v) is 5.53. The predicted molar refractivity (Wildman–Crippen MR) is 54.7 cm³/mol. The molecule has 1 aliphatic rings. The third kappa shape index (κ3) is 3.16. The Kier molecular flexibility index (Phi) is 4.63. The fraction of sp³-hybridized carbons (Fsp3) is 0.800. The fourth-order valence-electron chi connectivity index (χ4n) is 1.46. The van der Waals surface area contributed by atoms with Gasteiger partial charge in [0.05, 0.1) is 0 Å². The van der Waals surface area contributed by atoms with Gasteiger partial charge in [0, 0.05) is 0 Å². The number of carbonyl (C=O) groups excluding carboxylic acids is 2. The van der Waals surface area contributed by atoms with Crippen LogP contribution in [0, 0.1) is 0 Å². The number of hydrogen-bond donors (Lipinski definition) is 4. The van der Waals surface area contributed by atoms with Crippen LogP contribution in [0.1, 0.15) is 26.2 Å². The van der Waals surface area contributed by atoms with Crippen molar-refractivity contribution in [1.82, 2.24) is 0 Å². The van der Waals surface area contributed by atoms with Gasteiger partial charge < -0.3 is 29.9 Å². The van der Waals surface area contributed by atoms with Crippen LogP contribution in [0.25, 0.3) is 0 Å². The SMILES string of the molecule is CCCCC1OC(=O)C(O)C(O)C(=O)OC1(O)O. The molecule has 1 fully saturated rings. The minimum absolute atomic E-state index is 0.0331. The number of ether oxygens (including phenoxy) is 2. The average molecular weight is 264 g/mol. The Balaban J connectivity index is 2.91. The lowest BCUT2D eigenvalue weighted by molar-refractivity contribution is -0.367. The number of unbranched alkanes of at least 4 members (excludes halogenated alkanes) is 1. The first-order valence-electron chi connectivity index (χ1n) is 5.53. The molecule has 8 nitrogen and oxygen atoms in total. The zero-order valence-corrected chi connectivity index (χ0v) is 9.78. The van der Waals surface area contributed by atoms with Gasteiger partial charge in [0.15, 0.2) is 18.3 Å². The Morgan fingerprint density at radius 3 is 2.28 bits per heavy atom. The Labute approximate surface area is 103 Å². The van der Waals surface area contributed by atoms with E-state index < -0.39 is 36.2 Å². The van der Waals surface area contributed by atoms with Gasteiger partial charge >= 0.3 is 17.9 Å². The van der Waals surface area contributed by atoms with Crippen LogP contribution in [0.4, 0.5) is 0 Å². The normalized spacial score (nSPS) is 32.2. The molecule has 3 atom stereocenters. The molecule has 0 aromatic heterocycles. The van der Waals surface area contributed by atoms with Crippen LogP contribution < -0.4 is 0 Å². The quantitative estimate of drug-likeness (QED) is 0.340. The highest BCUT2D eigenvalue weighted by Crippen LogP contribution is 2.23. The van der Waals surface area contributed by atoms with Gasteiger partial charge in [0.2, 0.25) is 0 Å².